The van der Waals surface area contributed by atoms with Crippen LogP contribution >= 0.6 is 0 Å². The van der Waals surface area contributed by atoms with Crippen LogP contribution < -0.4 is 10.1 Å². The summed E-state index contributed by atoms with van der Waals surface area (Å²) in [5.41, 5.74) is 4.26. The topological polar surface area (TPSA) is 26.2 Å². The lowest BCUT2D eigenvalue weighted by Crippen LogP contribution is -2.17. The quantitative estimate of drug-likeness (QED) is 0.442. The summed E-state index contributed by atoms with van der Waals surface area (Å²) in [5.74, 6) is 0.631. The van der Waals surface area contributed by atoms with Gasteiger partial charge in [0.25, 0.3) is 0 Å². The standard InChI is InChI=1S/C25H25FN2O/c1-27-15-14-23(18-8-7-9-19(26)16-18)28-17-22(20-10-3-5-12-24(20)28)21-11-4-6-13-25(21)29-2/h3-13,16-17,23,27H,14-15H2,1-2H3. The molecular formula is C25H25FN2O. The highest BCUT2D eigenvalue weighted by Gasteiger charge is 2.20. The molecule has 29 heavy (non-hydrogen) atoms. The molecule has 1 aromatic heterocycles. The molecule has 1 heterocycles. The van der Waals surface area contributed by atoms with Crippen molar-refractivity contribution in [2.45, 2.75) is 12.5 Å². The molecule has 1 unspecified atom stereocenters. The van der Waals surface area contributed by atoms with Gasteiger partial charge in [0.15, 0.2) is 0 Å². The summed E-state index contributed by atoms with van der Waals surface area (Å²) in [7, 11) is 3.64. The molecule has 4 aromatic rings. The molecule has 0 aliphatic rings. The van der Waals surface area contributed by atoms with E-state index in [4.69, 9.17) is 4.74 Å². The minimum absolute atomic E-state index is 0.0199. The number of halogens is 1. The Hall–Kier alpha value is -3.11. The Morgan fingerprint density at radius 3 is 2.55 bits per heavy atom. The summed E-state index contributed by atoms with van der Waals surface area (Å²) in [6.07, 6.45) is 3.03. The highest BCUT2D eigenvalue weighted by atomic mass is 19.1. The van der Waals surface area contributed by atoms with Crippen LogP contribution in [0.15, 0.2) is 79.0 Å². The molecule has 3 aromatic carbocycles. The van der Waals surface area contributed by atoms with Crippen LogP contribution in [0.25, 0.3) is 22.0 Å². The first-order chi connectivity index (χ1) is 14.2. The number of fused-ring (bicyclic) bond motifs is 1. The molecule has 0 saturated carbocycles. The Labute approximate surface area is 170 Å². The van der Waals surface area contributed by atoms with E-state index in [1.54, 1.807) is 19.2 Å². The Morgan fingerprint density at radius 1 is 0.966 bits per heavy atom. The van der Waals surface area contributed by atoms with Crippen LogP contribution in [0, 0.1) is 5.82 Å². The van der Waals surface area contributed by atoms with E-state index >= 15 is 0 Å². The summed E-state index contributed by atoms with van der Waals surface area (Å²) < 4.78 is 21.9. The van der Waals surface area contributed by atoms with Crippen molar-refractivity contribution in [3.63, 3.8) is 0 Å². The van der Waals surface area contributed by atoms with E-state index in [2.05, 4.69) is 40.3 Å². The van der Waals surface area contributed by atoms with Gasteiger partial charge in [0.1, 0.15) is 11.6 Å². The van der Waals surface area contributed by atoms with E-state index in [1.807, 2.05) is 37.4 Å². The average Bonchev–Trinajstić information content (AvgIpc) is 3.13. The molecule has 148 valence electrons. The van der Waals surface area contributed by atoms with E-state index in [0.717, 1.165) is 46.3 Å². The van der Waals surface area contributed by atoms with Crippen molar-refractivity contribution in [3.05, 3.63) is 90.4 Å². The number of nitrogens with one attached hydrogen (secondary N) is 1. The molecule has 0 spiro atoms. The number of hydrogen-bond acceptors (Lipinski definition) is 2. The van der Waals surface area contributed by atoms with Crippen molar-refractivity contribution in [2.75, 3.05) is 20.7 Å². The smallest absolute Gasteiger partial charge is 0.126 e. The molecule has 0 radical (unpaired) electrons. The zero-order chi connectivity index (χ0) is 20.2. The molecule has 4 heteroatoms. The number of nitrogens with zero attached hydrogens (tertiary/aromatic N) is 1. The molecule has 0 aliphatic heterocycles. The van der Waals surface area contributed by atoms with Crippen LogP contribution in [0.4, 0.5) is 4.39 Å². The van der Waals surface area contributed by atoms with E-state index < -0.39 is 0 Å². The lowest BCUT2D eigenvalue weighted by molar-refractivity contribution is 0.416. The highest BCUT2D eigenvalue weighted by molar-refractivity contribution is 5.97. The summed E-state index contributed by atoms with van der Waals surface area (Å²) >= 11 is 0. The fourth-order valence-corrected chi connectivity index (χ4v) is 4.01. The summed E-state index contributed by atoms with van der Waals surface area (Å²) in [5, 5.41) is 4.39. The first kappa shape index (κ1) is 19.2. The highest BCUT2D eigenvalue weighted by Crippen LogP contribution is 2.39. The van der Waals surface area contributed by atoms with Gasteiger partial charge >= 0.3 is 0 Å². The fraction of sp³-hybridized carbons (Fsp3) is 0.200. The lowest BCUT2D eigenvalue weighted by atomic mass is 10.0. The minimum atomic E-state index is -0.210. The minimum Gasteiger partial charge on any atom is -0.496 e. The van der Waals surface area contributed by atoms with Crippen molar-refractivity contribution < 1.29 is 9.13 Å². The molecule has 3 nitrogen and oxygen atoms in total. The van der Waals surface area contributed by atoms with Crippen LogP contribution in [0.2, 0.25) is 0 Å². The molecule has 0 saturated heterocycles. The zero-order valence-electron chi connectivity index (χ0n) is 16.7. The molecule has 1 atom stereocenters. The predicted octanol–water partition coefficient (Wildman–Crippen LogP) is 5.65. The van der Waals surface area contributed by atoms with Crippen LogP contribution in [-0.2, 0) is 0 Å². The van der Waals surface area contributed by atoms with Crippen molar-refractivity contribution >= 4 is 10.9 Å². The Morgan fingerprint density at radius 2 is 1.76 bits per heavy atom. The maximum atomic E-state index is 14.0. The fourth-order valence-electron chi connectivity index (χ4n) is 4.01. The van der Waals surface area contributed by atoms with Crippen LogP contribution in [0.3, 0.4) is 0 Å². The molecule has 4 rings (SSSR count). The number of hydrogen-bond donors (Lipinski definition) is 1. The van der Waals surface area contributed by atoms with Crippen LogP contribution in [0.1, 0.15) is 18.0 Å². The second kappa shape index (κ2) is 8.50. The SMILES string of the molecule is CNCCC(c1cccc(F)c1)n1cc(-c2ccccc2OC)c2ccccc21. The number of para-hydroxylation sites is 2. The van der Waals surface area contributed by atoms with Gasteiger partial charge in [0, 0.05) is 28.2 Å². The predicted molar refractivity (Wildman–Crippen MR) is 117 cm³/mol. The van der Waals surface area contributed by atoms with Crippen LogP contribution in [0.5, 0.6) is 5.75 Å². The molecule has 0 bridgehead atoms. The number of benzene rings is 3. The third kappa shape index (κ3) is 3.76. The first-order valence-corrected chi connectivity index (χ1v) is 9.86. The Kier molecular flexibility index (Phi) is 5.63. The van der Waals surface area contributed by atoms with Gasteiger partial charge in [-0.3, -0.25) is 0 Å². The number of aromatic nitrogens is 1. The normalized spacial score (nSPS) is 12.2. The van der Waals surface area contributed by atoms with E-state index in [9.17, 15) is 4.39 Å². The van der Waals surface area contributed by atoms with Crippen molar-refractivity contribution in [1.29, 1.82) is 0 Å². The van der Waals surface area contributed by atoms with Crippen molar-refractivity contribution in [1.82, 2.24) is 9.88 Å². The van der Waals surface area contributed by atoms with Gasteiger partial charge in [-0.25, -0.2) is 4.39 Å². The maximum Gasteiger partial charge on any atom is 0.126 e. The summed E-state index contributed by atoms with van der Waals surface area (Å²) in [6.45, 7) is 0.831. The molecular weight excluding hydrogens is 363 g/mol. The van der Waals surface area contributed by atoms with E-state index in [-0.39, 0.29) is 11.9 Å². The van der Waals surface area contributed by atoms with Crippen molar-refractivity contribution in [2.24, 2.45) is 0 Å². The summed E-state index contributed by atoms with van der Waals surface area (Å²) in [4.78, 5) is 0. The van der Waals surface area contributed by atoms with E-state index in [0.29, 0.717) is 0 Å². The maximum absolute atomic E-state index is 14.0. The van der Waals surface area contributed by atoms with Gasteiger partial charge in [-0.15, -0.1) is 0 Å². The van der Waals surface area contributed by atoms with Crippen LogP contribution in [-0.4, -0.2) is 25.3 Å². The largest absolute Gasteiger partial charge is 0.496 e. The van der Waals surface area contributed by atoms with Crippen molar-refractivity contribution in [3.8, 4) is 16.9 Å². The molecule has 0 aliphatic carbocycles. The van der Waals surface area contributed by atoms with Gasteiger partial charge in [-0.2, -0.15) is 0 Å². The van der Waals surface area contributed by atoms with Gasteiger partial charge in [0.05, 0.1) is 13.2 Å². The van der Waals surface area contributed by atoms with Gasteiger partial charge in [-0.1, -0.05) is 48.5 Å². The van der Waals surface area contributed by atoms with Gasteiger partial charge < -0.3 is 14.6 Å². The number of methoxy groups -OCH3 is 1. The number of rotatable bonds is 7. The second-order valence-corrected chi connectivity index (χ2v) is 7.13. The number of ether oxygens (including phenoxy) is 1. The third-order valence-corrected chi connectivity index (χ3v) is 5.37. The zero-order valence-corrected chi connectivity index (χ0v) is 16.7. The third-order valence-electron chi connectivity index (χ3n) is 5.37. The molecule has 1 N–H and O–H groups in total. The second-order valence-electron chi connectivity index (χ2n) is 7.13. The first-order valence-electron chi connectivity index (χ1n) is 9.86. The van der Waals surface area contributed by atoms with E-state index in [1.165, 1.54) is 6.07 Å². The molecule has 0 fully saturated rings. The van der Waals surface area contributed by atoms with Gasteiger partial charge in [0.2, 0.25) is 0 Å². The Balaban J connectivity index is 1.92. The Bertz CT molecular complexity index is 1120. The average molecular weight is 388 g/mol. The monoisotopic (exact) mass is 388 g/mol. The van der Waals surface area contributed by atoms with Gasteiger partial charge in [-0.05, 0) is 49.8 Å². The lowest BCUT2D eigenvalue weighted by Gasteiger charge is -2.21. The summed E-state index contributed by atoms with van der Waals surface area (Å²) in [6, 6.07) is 23.3. The molecule has 0 amide bonds.